The van der Waals surface area contributed by atoms with Crippen LogP contribution in [0.4, 0.5) is 10.1 Å². The maximum atomic E-state index is 13.0. The number of nitrogens with two attached hydrogens (primary N) is 1. The first-order chi connectivity index (χ1) is 9.95. The van der Waals surface area contributed by atoms with E-state index < -0.39 is 5.82 Å². The largest absolute Gasteiger partial charge is 0.369 e. The maximum absolute atomic E-state index is 13.0. The fraction of sp³-hybridized carbons (Fsp3) is 0.429. The Labute approximate surface area is 127 Å². The lowest BCUT2D eigenvalue weighted by Crippen LogP contribution is -2.42. The minimum Gasteiger partial charge on any atom is -0.369 e. The lowest BCUT2D eigenvalue weighted by atomic mass is 9.96. The molecule has 0 aliphatic carbocycles. The number of carbonyl (C=O) groups excluding carboxylic acids is 2. The summed E-state index contributed by atoms with van der Waals surface area (Å²) in [6.45, 7) is 1.54. The second-order valence-electron chi connectivity index (χ2n) is 5.13. The van der Waals surface area contributed by atoms with Crippen molar-refractivity contribution in [1.29, 1.82) is 0 Å². The smallest absolute Gasteiger partial charge is 0.238 e. The van der Waals surface area contributed by atoms with Gasteiger partial charge in [-0.15, -0.1) is 0 Å². The van der Waals surface area contributed by atoms with Gasteiger partial charge in [-0.1, -0.05) is 11.6 Å². The summed E-state index contributed by atoms with van der Waals surface area (Å²) in [6, 6.07) is 4.03. The molecule has 2 rings (SSSR count). The average molecular weight is 314 g/mol. The van der Waals surface area contributed by atoms with Crippen LogP contribution in [0.1, 0.15) is 12.8 Å². The minimum absolute atomic E-state index is 0.0323. The van der Waals surface area contributed by atoms with Crippen LogP contribution >= 0.6 is 11.6 Å². The number of hydrogen-bond acceptors (Lipinski definition) is 3. The van der Waals surface area contributed by atoms with E-state index in [0.717, 1.165) is 0 Å². The molecule has 0 atom stereocenters. The van der Waals surface area contributed by atoms with E-state index in [1.54, 1.807) is 0 Å². The monoisotopic (exact) mass is 313 g/mol. The van der Waals surface area contributed by atoms with Crippen LogP contribution in [0.15, 0.2) is 18.2 Å². The Morgan fingerprint density at radius 2 is 2.05 bits per heavy atom. The lowest BCUT2D eigenvalue weighted by molar-refractivity contribution is -0.123. The summed E-state index contributed by atoms with van der Waals surface area (Å²) in [5, 5.41) is 2.64. The number of nitrogens with zero attached hydrogens (tertiary/aromatic N) is 1. The number of piperidine rings is 1. The summed E-state index contributed by atoms with van der Waals surface area (Å²) in [5.41, 5.74) is 5.72. The molecule has 114 valence electrons. The summed E-state index contributed by atoms with van der Waals surface area (Å²) in [4.78, 5) is 24.9. The van der Waals surface area contributed by atoms with Crippen LogP contribution < -0.4 is 11.1 Å². The summed E-state index contributed by atoms with van der Waals surface area (Å²) in [5.74, 6) is -1.10. The molecule has 0 saturated carbocycles. The normalized spacial score (nSPS) is 16.7. The first-order valence-electron chi connectivity index (χ1n) is 6.72. The molecule has 1 aromatic carbocycles. The second-order valence-corrected chi connectivity index (χ2v) is 5.54. The first-order valence-corrected chi connectivity index (χ1v) is 7.10. The highest BCUT2D eigenvalue weighted by Gasteiger charge is 2.24. The van der Waals surface area contributed by atoms with Gasteiger partial charge in [0.05, 0.1) is 11.6 Å². The Morgan fingerprint density at radius 1 is 1.38 bits per heavy atom. The molecule has 3 N–H and O–H groups in total. The van der Waals surface area contributed by atoms with Crippen molar-refractivity contribution in [2.45, 2.75) is 12.8 Å². The number of carbonyl (C=O) groups is 2. The van der Waals surface area contributed by atoms with E-state index in [-0.39, 0.29) is 29.3 Å². The van der Waals surface area contributed by atoms with Crippen LogP contribution in [0.25, 0.3) is 0 Å². The molecule has 1 aliphatic rings. The number of likely N-dealkylation sites (tertiary alicyclic amines) is 1. The number of amides is 2. The number of benzene rings is 1. The fourth-order valence-electron chi connectivity index (χ4n) is 2.35. The van der Waals surface area contributed by atoms with Crippen LogP contribution in [-0.2, 0) is 9.59 Å². The highest BCUT2D eigenvalue weighted by Crippen LogP contribution is 2.20. The lowest BCUT2D eigenvalue weighted by Gasteiger charge is -2.29. The van der Waals surface area contributed by atoms with Crippen LogP contribution in [0.5, 0.6) is 0 Å². The number of halogens is 2. The first kappa shape index (κ1) is 15.7. The van der Waals surface area contributed by atoms with Crippen molar-refractivity contribution in [3.63, 3.8) is 0 Å². The van der Waals surface area contributed by atoms with Crippen molar-refractivity contribution in [3.05, 3.63) is 29.0 Å². The standard InChI is InChI=1S/C14H17ClFN3O2/c15-11-7-10(1-2-12(11)16)18-13(20)8-19-5-3-9(4-6-19)14(17)21/h1-2,7,9H,3-6,8H2,(H2,17,21)(H,18,20). The second kappa shape index (κ2) is 6.87. The number of anilines is 1. The van der Waals surface area contributed by atoms with Crippen LogP contribution in [-0.4, -0.2) is 36.3 Å². The summed E-state index contributed by atoms with van der Waals surface area (Å²) < 4.78 is 13.0. The van der Waals surface area contributed by atoms with Crippen molar-refractivity contribution in [1.82, 2.24) is 4.90 Å². The van der Waals surface area contributed by atoms with Gasteiger partial charge in [0.1, 0.15) is 5.82 Å². The average Bonchev–Trinajstić information content (AvgIpc) is 2.43. The van der Waals surface area contributed by atoms with E-state index in [4.69, 9.17) is 17.3 Å². The molecule has 2 amide bonds. The molecule has 0 bridgehead atoms. The van der Waals surface area contributed by atoms with Crippen molar-refractivity contribution < 1.29 is 14.0 Å². The van der Waals surface area contributed by atoms with Gasteiger partial charge in [-0.25, -0.2) is 4.39 Å². The molecule has 1 aliphatic heterocycles. The van der Waals surface area contributed by atoms with Gasteiger partial charge < -0.3 is 11.1 Å². The van der Waals surface area contributed by atoms with Crippen LogP contribution in [0.3, 0.4) is 0 Å². The number of primary amides is 1. The van der Waals surface area contributed by atoms with E-state index in [2.05, 4.69) is 5.32 Å². The van der Waals surface area contributed by atoms with Crippen molar-refractivity contribution in [2.75, 3.05) is 25.0 Å². The number of nitrogens with one attached hydrogen (secondary N) is 1. The minimum atomic E-state index is -0.525. The fourth-order valence-corrected chi connectivity index (χ4v) is 2.53. The number of rotatable bonds is 4. The third kappa shape index (κ3) is 4.41. The van der Waals surface area contributed by atoms with E-state index in [1.807, 2.05) is 4.90 Å². The van der Waals surface area contributed by atoms with Gasteiger partial charge in [-0.2, -0.15) is 0 Å². The maximum Gasteiger partial charge on any atom is 0.238 e. The van der Waals surface area contributed by atoms with Gasteiger partial charge in [-0.05, 0) is 44.1 Å². The molecule has 0 aromatic heterocycles. The third-order valence-corrected chi connectivity index (χ3v) is 3.85. The Kier molecular flexibility index (Phi) is 5.14. The van der Waals surface area contributed by atoms with Crippen molar-refractivity contribution in [2.24, 2.45) is 11.7 Å². The molecule has 1 heterocycles. The van der Waals surface area contributed by atoms with Gasteiger partial charge in [0.15, 0.2) is 0 Å². The molecule has 0 unspecified atom stereocenters. The molecule has 0 radical (unpaired) electrons. The third-order valence-electron chi connectivity index (χ3n) is 3.56. The Balaban J connectivity index is 1.82. The molecular weight excluding hydrogens is 297 g/mol. The van der Waals surface area contributed by atoms with E-state index >= 15 is 0 Å². The molecule has 21 heavy (non-hydrogen) atoms. The van der Waals surface area contributed by atoms with Crippen LogP contribution in [0.2, 0.25) is 5.02 Å². The van der Waals surface area contributed by atoms with Gasteiger partial charge in [0.25, 0.3) is 0 Å². The van der Waals surface area contributed by atoms with Gasteiger partial charge in [0, 0.05) is 11.6 Å². The molecule has 1 fully saturated rings. The van der Waals surface area contributed by atoms with Gasteiger partial charge >= 0.3 is 0 Å². The molecule has 1 saturated heterocycles. The van der Waals surface area contributed by atoms with Crippen molar-refractivity contribution in [3.8, 4) is 0 Å². The van der Waals surface area contributed by atoms with E-state index in [9.17, 15) is 14.0 Å². The zero-order valence-corrected chi connectivity index (χ0v) is 12.2. The zero-order chi connectivity index (χ0) is 15.4. The summed E-state index contributed by atoms with van der Waals surface area (Å²) in [7, 11) is 0. The zero-order valence-electron chi connectivity index (χ0n) is 11.4. The summed E-state index contributed by atoms with van der Waals surface area (Å²) >= 11 is 5.65. The predicted molar refractivity (Wildman–Crippen MR) is 78.4 cm³/mol. The predicted octanol–water partition coefficient (Wildman–Crippen LogP) is 1.61. The molecule has 5 nitrogen and oxygen atoms in total. The Morgan fingerprint density at radius 3 is 2.62 bits per heavy atom. The quantitative estimate of drug-likeness (QED) is 0.887. The SMILES string of the molecule is NC(=O)C1CCN(CC(=O)Nc2ccc(F)c(Cl)c2)CC1. The van der Waals surface area contributed by atoms with E-state index in [0.29, 0.717) is 31.6 Å². The van der Waals surface area contributed by atoms with Gasteiger partial charge in [-0.3, -0.25) is 14.5 Å². The molecule has 0 spiro atoms. The topological polar surface area (TPSA) is 75.4 Å². The molecular formula is C14H17ClFN3O2. The van der Waals surface area contributed by atoms with E-state index in [1.165, 1.54) is 18.2 Å². The Hall–Kier alpha value is -1.66. The summed E-state index contributed by atoms with van der Waals surface area (Å²) in [6.07, 6.45) is 1.34. The molecule has 7 heteroatoms. The van der Waals surface area contributed by atoms with Crippen molar-refractivity contribution >= 4 is 29.1 Å². The highest BCUT2D eigenvalue weighted by atomic mass is 35.5. The molecule has 1 aromatic rings. The Bertz CT molecular complexity index is 545. The van der Waals surface area contributed by atoms with Crippen LogP contribution in [0, 0.1) is 11.7 Å². The van der Waals surface area contributed by atoms with Gasteiger partial charge in [0.2, 0.25) is 11.8 Å². The highest BCUT2D eigenvalue weighted by molar-refractivity contribution is 6.31. The number of hydrogen-bond donors (Lipinski definition) is 2.